The lowest BCUT2D eigenvalue weighted by atomic mass is 10.2. The summed E-state index contributed by atoms with van der Waals surface area (Å²) in [5.41, 5.74) is 6.13. The molecular formula is C13H18ClN3O2S. The van der Waals surface area contributed by atoms with Crippen molar-refractivity contribution in [2.24, 2.45) is 11.7 Å². The number of hydrogen-bond donors (Lipinski definition) is 1. The zero-order valence-corrected chi connectivity index (χ0v) is 12.8. The van der Waals surface area contributed by atoms with Crippen LogP contribution >= 0.6 is 12.4 Å². The Morgan fingerprint density at radius 1 is 1.40 bits per heavy atom. The molecule has 20 heavy (non-hydrogen) atoms. The first-order valence-corrected chi connectivity index (χ1v) is 7.63. The van der Waals surface area contributed by atoms with E-state index >= 15 is 0 Å². The summed E-state index contributed by atoms with van der Waals surface area (Å²) in [5, 5.41) is 8.72. The second-order valence-corrected chi connectivity index (χ2v) is 6.80. The Labute approximate surface area is 125 Å². The molecule has 1 aliphatic rings. The summed E-state index contributed by atoms with van der Waals surface area (Å²) in [5.74, 6) is 0.378. The molecule has 110 valence electrons. The molecule has 0 bridgehead atoms. The molecule has 1 aliphatic carbocycles. The fraction of sp³-hybridized carbons (Fsp3) is 0.462. The molecule has 5 nitrogen and oxygen atoms in total. The smallest absolute Gasteiger partial charge is 0.243 e. The standard InChI is InChI=1S/C13H17N3O2S.ClH/c1-16(13(9-15)11-4-5-11)19(17,18)12-6-2-10(8-14)3-7-12;/h2-3,6-7,11,13H,4-5,9,15H2,1H3;1H. The molecule has 0 saturated heterocycles. The van der Waals surface area contributed by atoms with Gasteiger partial charge in [0.1, 0.15) is 0 Å². The SMILES string of the molecule is CN(C(CN)C1CC1)S(=O)(=O)c1ccc(C#N)cc1.Cl. The maximum absolute atomic E-state index is 12.5. The Balaban J connectivity index is 0.00000200. The average Bonchev–Trinajstić information content (AvgIpc) is 3.24. The molecule has 1 saturated carbocycles. The van der Waals surface area contributed by atoms with E-state index < -0.39 is 10.0 Å². The van der Waals surface area contributed by atoms with Gasteiger partial charge in [0.15, 0.2) is 0 Å². The molecule has 7 heteroatoms. The summed E-state index contributed by atoms with van der Waals surface area (Å²) in [6.07, 6.45) is 2.07. The van der Waals surface area contributed by atoms with Crippen LogP contribution in [-0.2, 0) is 10.0 Å². The Hall–Kier alpha value is -1.13. The van der Waals surface area contributed by atoms with Gasteiger partial charge in [0.25, 0.3) is 0 Å². The minimum absolute atomic E-state index is 0. The number of nitrogens with zero attached hydrogens (tertiary/aromatic N) is 2. The third kappa shape index (κ3) is 3.30. The van der Waals surface area contributed by atoms with Crippen LogP contribution in [0.15, 0.2) is 29.2 Å². The van der Waals surface area contributed by atoms with Gasteiger partial charge in [-0.15, -0.1) is 12.4 Å². The highest BCUT2D eigenvalue weighted by Crippen LogP contribution is 2.36. The third-order valence-electron chi connectivity index (χ3n) is 3.54. The highest BCUT2D eigenvalue weighted by Gasteiger charge is 2.38. The number of sulfonamides is 1. The van der Waals surface area contributed by atoms with Crippen molar-refractivity contribution in [2.75, 3.05) is 13.6 Å². The van der Waals surface area contributed by atoms with E-state index in [0.29, 0.717) is 18.0 Å². The van der Waals surface area contributed by atoms with Gasteiger partial charge in [-0.05, 0) is 43.0 Å². The van der Waals surface area contributed by atoms with Gasteiger partial charge in [0.2, 0.25) is 10.0 Å². The lowest BCUT2D eigenvalue weighted by molar-refractivity contribution is 0.340. The molecule has 0 spiro atoms. The van der Waals surface area contributed by atoms with E-state index in [4.69, 9.17) is 11.0 Å². The van der Waals surface area contributed by atoms with Crippen molar-refractivity contribution in [1.29, 1.82) is 5.26 Å². The monoisotopic (exact) mass is 315 g/mol. The van der Waals surface area contributed by atoms with Crippen LogP contribution in [0.25, 0.3) is 0 Å². The van der Waals surface area contributed by atoms with Crippen molar-refractivity contribution in [1.82, 2.24) is 4.31 Å². The highest BCUT2D eigenvalue weighted by atomic mass is 35.5. The molecule has 1 aromatic carbocycles. The maximum Gasteiger partial charge on any atom is 0.243 e. The molecule has 1 aromatic rings. The van der Waals surface area contributed by atoms with Gasteiger partial charge in [-0.2, -0.15) is 9.57 Å². The van der Waals surface area contributed by atoms with Crippen LogP contribution in [0, 0.1) is 17.2 Å². The largest absolute Gasteiger partial charge is 0.329 e. The summed E-state index contributed by atoms with van der Waals surface area (Å²) < 4.78 is 26.3. The lowest BCUT2D eigenvalue weighted by Crippen LogP contribution is -2.43. The van der Waals surface area contributed by atoms with Gasteiger partial charge in [-0.3, -0.25) is 0 Å². The number of hydrogen-bond acceptors (Lipinski definition) is 4. The van der Waals surface area contributed by atoms with Gasteiger partial charge in [-0.25, -0.2) is 8.42 Å². The summed E-state index contributed by atoms with van der Waals surface area (Å²) >= 11 is 0. The van der Waals surface area contributed by atoms with Crippen LogP contribution in [0.1, 0.15) is 18.4 Å². The van der Waals surface area contributed by atoms with Crippen molar-refractivity contribution in [3.63, 3.8) is 0 Å². The first kappa shape index (κ1) is 16.9. The molecule has 0 amide bonds. The van der Waals surface area contributed by atoms with E-state index in [1.165, 1.54) is 28.6 Å². The van der Waals surface area contributed by atoms with Crippen molar-refractivity contribution in [2.45, 2.75) is 23.8 Å². The van der Waals surface area contributed by atoms with Crippen LogP contribution in [0.3, 0.4) is 0 Å². The Morgan fingerprint density at radius 3 is 2.35 bits per heavy atom. The van der Waals surface area contributed by atoms with E-state index in [1.54, 1.807) is 7.05 Å². The molecule has 0 heterocycles. The maximum atomic E-state index is 12.5. The quantitative estimate of drug-likeness (QED) is 0.888. The van der Waals surface area contributed by atoms with Gasteiger partial charge in [0.05, 0.1) is 16.5 Å². The topological polar surface area (TPSA) is 87.2 Å². The number of rotatable bonds is 5. The average molecular weight is 316 g/mol. The number of nitriles is 1. The normalized spacial score (nSPS) is 16.3. The molecule has 1 atom stereocenters. The summed E-state index contributed by atoms with van der Waals surface area (Å²) in [6.45, 7) is 0.330. The van der Waals surface area contributed by atoms with Crippen molar-refractivity contribution >= 4 is 22.4 Å². The number of nitrogens with two attached hydrogens (primary N) is 1. The third-order valence-corrected chi connectivity index (χ3v) is 5.43. The molecule has 1 unspecified atom stereocenters. The summed E-state index contributed by atoms with van der Waals surface area (Å²) in [4.78, 5) is 0.202. The summed E-state index contributed by atoms with van der Waals surface area (Å²) in [7, 11) is -1.96. The number of benzene rings is 1. The van der Waals surface area contributed by atoms with E-state index in [0.717, 1.165) is 12.8 Å². The van der Waals surface area contributed by atoms with Crippen molar-refractivity contribution in [3.05, 3.63) is 29.8 Å². The minimum Gasteiger partial charge on any atom is -0.329 e. The number of halogens is 1. The van der Waals surface area contributed by atoms with Crippen molar-refractivity contribution < 1.29 is 8.42 Å². The zero-order chi connectivity index (χ0) is 14.0. The van der Waals surface area contributed by atoms with E-state index in [9.17, 15) is 8.42 Å². The van der Waals surface area contributed by atoms with Gasteiger partial charge in [0, 0.05) is 19.6 Å². The van der Waals surface area contributed by atoms with Crippen LogP contribution < -0.4 is 5.73 Å². The van der Waals surface area contributed by atoms with Crippen molar-refractivity contribution in [3.8, 4) is 6.07 Å². The van der Waals surface area contributed by atoms with Gasteiger partial charge in [-0.1, -0.05) is 0 Å². The summed E-state index contributed by atoms with van der Waals surface area (Å²) in [6, 6.07) is 7.78. The van der Waals surface area contributed by atoms with Crippen LogP contribution in [0.2, 0.25) is 0 Å². The van der Waals surface area contributed by atoms with E-state index in [2.05, 4.69) is 0 Å². The fourth-order valence-corrected chi connectivity index (χ4v) is 3.59. The van der Waals surface area contributed by atoms with Crippen LogP contribution in [0.5, 0.6) is 0 Å². The molecular weight excluding hydrogens is 298 g/mol. The predicted octanol–water partition coefficient (Wildman–Crippen LogP) is 1.34. The van der Waals surface area contributed by atoms with Crippen LogP contribution in [-0.4, -0.2) is 32.4 Å². The Kier molecular flexibility index (Phi) is 5.54. The molecule has 1 fully saturated rings. The minimum atomic E-state index is -3.54. The van der Waals surface area contributed by atoms with Crippen LogP contribution in [0.4, 0.5) is 0 Å². The first-order chi connectivity index (χ1) is 9.00. The molecule has 2 rings (SSSR count). The Bertz CT molecular complexity index is 591. The predicted molar refractivity (Wildman–Crippen MR) is 78.9 cm³/mol. The lowest BCUT2D eigenvalue weighted by Gasteiger charge is -2.26. The Morgan fingerprint density at radius 2 is 1.95 bits per heavy atom. The second-order valence-electron chi connectivity index (χ2n) is 4.80. The molecule has 0 aromatic heterocycles. The van der Waals surface area contributed by atoms with Gasteiger partial charge >= 0.3 is 0 Å². The molecule has 0 aliphatic heterocycles. The zero-order valence-electron chi connectivity index (χ0n) is 11.2. The highest BCUT2D eigenvalue weighted by molar-refractivity contribution is 7.89. The van der Waals surface area contributed by atoms with Gasteiger partial charge < -0.3 is 5.73 Å². The first-order valence-electron chi connectivity index (χ1n) is 6.19. The number of likely N-dealkylation sites (N-methyl/N-ethyl adjacent to an activating group) is 1. The molecule has 2 N–H and O–H groups in total. The van der Waals surface area contributed by atoms with E-state index in [1.807, 2.05) is 6.07 Å². The molecule has 0 radical (unpaired) electrons. The second kappa shape index (κ2) is 6.55. The van der Waals surface area contributed by atoms with E-state index in [-0.39, 0.29) is 23.3 Å². The fourth-order valence-electron chi connectivity index (χ4n) is 2.16.